The Hall–Kier alpha value is -2.71. The first-order chi connectivity index (χ1) is 13.4. The van der Waals surface area contributed by atoms with E-state index in [1.807, 2.05) is 17.5 Å². The second kappa shape index (κ2) is 8.99. The number of aromatic nitrogens is 2. The highest BCUT2D eigenvalue weighted by Crippen LogP contribution is 2.24. The molecule has 3 aromatic rings. The number of hydrogen-bond acceptors (Lipinski definition) is 6. The van der Waals surface area contributed by atoms with Crippen LogP contribution in [0, 0.1) is 0 Å². The van der Waals surface area contributed by atoms with Gasteiger partial charge >= 0.3 is 0 Å². The summed E-state index contributed by atoms with van der Waals surface area (Å²) in [4.78, 5) is 31.0. The van der Waals surface area contributed by atoms with Gasteiger partial charge in [-0.1, -0.05) is 22.8 Å². The number of thiophene rings is 1. The van der Waals surface area contributed by atoms with Crippen LogP contribution in [-0.4, -0.2) is 41.0 Å². The molecular formula is C19H19ClN4O3S. The fourth-order valence-corrected chi connectivity index (χ4v) is 3.30. The molecule has 9 heteroatoms. The van der Waals surface area contributed by atoms with Gasteiger partial charge in [0, 0.05) is 32.5 Å². The van der Waals surface area contributed by atoms with E-state index in [2.05, 4.69) is 15.5 Å². The molecule has 2 heterocycles. The Morgan fingerprint density at radius 1 is 1.29 bits per heavy atom. The maximum absolute atomic E-state index is 12.2. The molecule has 0 spiro atoms. The standard InChI is InChI=1S/C19H19ClN4O3S/c1-24(2)19(26)12-8-9-13(20)14(11-12)21-16(25)6-3-7-17-22-18(23-27-17)15-5-4-10-28-15/h4-5,8-11H,3,6-7H2,1-2H3,(H,21,25). The molecule has 7 nitrogen and oxygen atoms in total. The average molecular weight is 419 g/mol. The molecule has 0 aliphatic heterocycles. The molecule has 1 aromatic carbocycles. The Bertz CT molecular complexity index is 969. The molecule has 0 radical (unpaired) electrons. The lowest BCUT2D eigenvalue weighted by atomic mass is 10.1. The Balaban J connectivity index is 1.53. The highest BCUT2D eigenvalue weighted by atomic mass is 35.5. The molecule has 2 aromatic heterocycles. The van der Waals surface area contributed by atoms with Gasteiger partial charge in [0.1, 0.15) is 0 Å². The Kier molecular flexibility index (Phi) is 6.43. The maximum Gasteiger partial charge on any atom is 0.253 e. The fourth-order valence-electron chi connectivity index (χ4n) is 2.49. The molecule has 2 amide bonds. The molecule has 0 bridgehead atoms. The van der Waals surface area contributed by atoms with Crippen molar-refractivity contribution in [3.63, 3.8) is 0 Å². The molecule has 1 N–H and O–H groups in total. The smallest absolute Gasteiger partial charge is 0.253 e. The number of rotatable bonds is 7. The van der Waals surface area contributed by atoms with Gasteiger partial charge in [-0.3, -0.25) is 9.59 Å². The van der Waals surface area contributed by atoms with Crippen molar-refractivity contribution in [1.82, 2.24) is 15.0 Å². The SMILES string of the molecule is CN(C)C(=O)c1ccc(Cl)c(NC(=O)CCCc2nc(-c3cccs3)no2)c1. The number of anilines is 1. The molecule has 0 saturated carbocycles. The summed E-state index contributed by atoms with van der Waals surface area (Å²) in [6.45, 7) is 0. The third-order valence-electron chi connectivity index (χ3n) is 3.90. The van der Waals surface area contributed by atoms with Gasteiger partial charge in [-0.15, -0.1) is 11.3 Å². The number of amides is 2. The minimum atomic E-state index is -0.200. The van der Waals surface area contributed by atoms with Gasteiger partial charge in [0.05, 0.1) is 15.6 Å². The Labute approximate surface area is 171 Å². The number of aryl methyl sites for hydroxylation is 1. The van der Waals surface area contributed by atoms with E-state index in [0.717, 1.165) is 4.88 Å². The summed E-state index contributed by atoms with van der Waals surface area (Å²) in [5, 5.41) is 9.02. The van der Waals surface area contributed by atoms with Crippen LogP contribution in [0.3, 0.4) is 0 Å². The van der Waals surface area contributed by atoms with Crippen LogP contribution in [0.4, 0.5) is 5.69 Å². The molecule has 3 rings (SSSR count). The quantitative estimate of drug-likeness (QED) is 0.623. The van der Waals surface area contributed by atoms with E-state index in [9.17, 15) is 9.59 Å². The first-order valence-corrected chi connectivity index (χ1v) is 9.87. The molecule has 28 heavy (non-hydrogen) atoms. The average Bonchev–Trinajstić information content (AvgIpc) is 3.34. The maximum atomic E-state index is 12.2. The highest BCUT2D eigenvalue weighted by molar-refractivity contribution is 7.13. The van der Waals surface area contributed by atoms with E-state index >= 15 is 0 Å². The molecule has 0 fully saturated rings. The van der Waals surface area contributed by atoms with Gasteiger partial charge in [0.25, 0.3) is 5.91 Å². The second-order valence-corrected chi connectivity index (χ2v) is 7.64. The molecule has 0 saturated heterocycles. The zero-order valence-electron chi connectivity index (χ0n) is 15.4. The van der Waals surface area contributed by atoms with Gasteiger partial charge < -0.3 is 14.7 Å². The first-order valence-electron chi connectivity index (χ1n) is 8.61. The molecule has 0 aliphatic carbocycles. The van der Waals surface area contributed by atoms with Crippen LogP contribution in [0.15, 0.2) is 40.2 Å². The lowest BCUT2D eigenvalue weighted by Crippen LogP contribution is -2.22. The van der Waals surface area contributed by atoms with Crippen LogP contribution in [0.5, 0.6) is 0 Å². The molecule has 0 aliphatic rings. The second-order valence-electron chi connectivity index (χ2n) is 6.28. The summed E-state index contributed by atoms with van der Waals surface area (Å²) in [5.74, 6) is 0.691. The lowest BCUT2D eigenvalue weighted by molar-refractivity contribution is -0.116. The predicted molar refractivity (Wildman–Crippen MR) is 109 cm³/mol. The first kappa shape index (κ1) is 20.0. The summed E-state index contributed by atoms with van der Waals surface area (Å²) in [7, 11) is 3.33. The van der Waals surface area contributed by atoms with Gasteiger partial charge in [-0.05, 0) is 36.1 Å². The molecule has 0 atom stereocenters. The van der Waals surface area contributed by atoms with Crippen LogP contribution in [0.1, 0.15) is 29.1 Å². The van der Waals surface area contributed by atoms with Crippen LogP contribution < -0.4 is 5.32 Å². The number of nitrogens with one attached hydrogen (secondary N) is 1. The van der Waals surface area contributed by atoms with Crippen molar-refractivity contribution < 1.29 is 14.1 Å². The number of benzene rings is 1. The van der Waals surface area contributed by atoms with Crippen molar-refractivity contribution in [2.75, 3.05) is 19.4 Å². The topological polar surface area (TPSA) is 88.3 Å². The Morgan fingerprint density at radius 3 is 2.82 bits per heavy atom. The van der Waals surface area contributed by atoms with Crippen molar-refractivity contribution in [2.24, 2.45) is 0 Å². The van der Waals surface area contributed by atoms with Crippen molar-refractivity contribution >= 4 is 40.4 Å². The van der Waals surface area contributed by atoms with E-state index in [1.54, 1.807) is 32.3 Å². The van der Waals surface area contributed by atoms with Gasteiger partial charge in [-0.25, -0.2) is 0 Å². The molecule has 0 unspecified atom stereocenters. The summed E-state index contributed by atoms with van der Waals surface area (Å²) >= 11 is 7.67. The minimum Gasteiger partial charge on any atom is -0.345 e. The zero-order chi connectivity index (χ0) is 20.1. The van der Waals surface area contributed by atoms with E-state index in [0.29, 0.717) is 40.8 Å². The minimum absolute atomic E-state index is 0.162. The van der Waals surface area contributed by atoms with E-state index < -0.39 is 0 Å². The number of carbonyl (C=O) groups excluding carboxylic acids is 2. The lowest BCUT2D eigenvalue weighted by Gasteiger charge is -2.13. The van der Waals surface area contributed by atoms with Gasteiger partial charge in [-0.2, -0.15) is 4.98 Å². The van der Waals surface area contributed by atoms with Gasteiger partial charge in [0.2, 0.25) is 17.6 Å². The monoisotopic (exact) mass is 418 g/mol. The van der Waals surface area contributed by atoms with Crippen LogP contribution in [0.2, 0.25) is 5.02 Å². The van der Waals surface area contributed by atoms with Crippen LogP contribution in [0.25, 0.3) is 10.7 Å². The Morgan fingerprint density at radius 2 is 2.11 bits per heavy atom. The zero-order valence-corrected chi connectivity index (χ0v) is 17.0. The molecule has 146 valence electrons. The summed E-state index contributed by atoms with van der Waals surface area (Å²) in [5.41, 5.74) is 0.869. The third-order valence-corrected chi connectivity index (χ3v) is 5.09. The summed E-state index contributed by atoms with van der Waals surface area (Å²) in [6.07, 6.45) is 1.31. The van der Waals surface area contributed by atoms with E-state index in [1.165, 1.54) is 16.2 Å². The number of hydrogen-bond donors (Lipinski definition) is 1. The van der Waals surface area contributed by atoms with E-state index in [4.69, 9.17) is 16.1 Å². The normalized spacial score (nSPS) is 10.7. The highest BCUT2D eigenvalue weighted by Gasteiger charge is 2.13. The predicted octanol–water partition coefficient (Wildman–Crippen LogP) is 4.11. The van der Waals surface area contributed by atoms with Gasteiger partial charge in [0.15, 0.2) is 0 Å². The van der Waals surface area contributed by atoms with Crippen molar-refractivity contribution in [3.05, 3.63) is 52.2 Å². The van der Waals surface area contributed by atoms with Crippen LogP contribution in [-0.2, 0) is 11.2 Å². The number of carbonyl (C=O) groups is 2. The number of halogens is 1. The number of nitrogens with zero attached hydrogens (tertiary/aromatic N) is 3. The summed E-state index contributed by atoms with van der Waals surface area (Å²) in [6, 6.07) is 8.64. The largest absolute Gasteiger partial charge is 0.345 e. The summed E-state index contributed by atoms with van der Waals surface area (Å²) < 4.78 is 5.22. The van der Waals surface area contributed by atoms with E-state index in [-0.39, 0.29) is 18.2 Å². The third kappa shape index (κ3) is 4.96. The van der Waals surface area contributed by atoms with Crippen molar-refractivity contribution in [3.8, 4) is 10.7 Å². The van der Waals surface area contributed by atoms with Crippen molar-refractivity contribution in [1.29, 1.82) is 0 Å². The fraction of sp³-hybridized carbons (Fsp3) is 0.263. The van der Waals surface area contributed by atoms with Crippen molar-refractivity contribution in [2.45, 2.75) is 19.3 Å². The molecular weight excluding hydrogens is 400 g/mol. The van der Waals surface area contributed by atoms with Crippen LogP contribution >= 0.6 is 22.9 Å².